The average Bonchev–Trinajstić information content (AvgIpc) is 2.88. The lowest BCUT2D eigenvalue weighted by molar-refractivity contribution is 0.0699. The number of carboxylic acid groups (broad SMARTS) is 1. The Kier molecular flexibility index (Phi) is 2.83. The summed E-state index contributed by atoms with van der Waals surface area (Å²) in [5.74, 6) is -0.706. The van der Waals surface area contributed by atoms with Gasteiger partial charge in [-0.3, -0.25) is 14.3 Å². The molecule has 0 fully saturated rings. The van der Waals surface area contributed by atoms with Crippen LogP contribution in [-0.4, -0.2) is 25.6 Å². The van der Waals surface area contributed by atoms with Crippen molar-refractivity contribution in [2.75, 3.05) is 0 Å². The second-order valence-corrected chi connectivity index (χ2v) is 5.01. The number of aromatic carboxylic acids is 1. The molecule has 100 valence electrons. The lowest BCUT2D eigenvalue weighted by Gasteiger charge is -2.06. The number of aromatic nitrogens is 3. The highest BCUT2D eigenvalue weighted by Crippen LogP contribution is 2.23. The van der Waals surface area contributed by atoms with Gasteiger partial charge in [-0.1, -0.05) is 6.07 Å². The molecule has 0 bridgehead atoms. The van der Waals surface area contributed by atoms with E-state index >= 15 is 0 Å². The van der Waals surface area contributed by atoms with Gasteiger partial charge in [0.05, 0.1) is 10.9 Å². The van der Waals surface area contributed by atoms with Gasteiger partial charge in [-0.05, 0) is 12.1 Å². The number of rotatable bonds is 2. The number of thiophene rings is 1. The van der Waals surface area contributed by atoms with E-state index < -0.39 is 5.97 Å². The SMILES string of the molecule is Cn1c(-c2ccccn2)nc2scc(C(=O)O)c2c1=O. The minimum Gasteiger partial charge on any atom is -0.478 e. The van der Waals surface area contributed by atoms with Crippen LogP contribution >= 0.6 is 11.3 Å². The van der Waals surface area contributed by atoms with Crippen LogP contribution in [0.15, 0.2) is 34.6 Å². The normalized spacial score (nSPS) is 10.8. The van der Waals surface area contributed by atoms with Crippen LogP contribution in [0.2, 0.25) is 0 Å². The van der Waals surface area contributed by atoms with Gasteiger partial charge < -0.3 is 5.11 Å². The smallest absolute Gasteiger partial charge is 0.337 e. The monoisotopic (exact) mass is 287 g/mol. The van der Waals surface area contributed by atoms with Gasteiger partial charge >= 0.3 is 5.97 Å². The van der Waals surface area contributed by atoms with E-state index in [0.717, 1.165) is 11.3 Å². The maximum absolute atomic E-state index is 12.3. The number of pyridine rings is 1. The van der Waals surface area contributed by atoms with Crippen LogP contribution in [0.25, 0.3) is 21.7 Å². The number of carbonyl (C=O) groups is 1. The van der Waals surface area contributed by atoms with Gasteiger partial charge in [0.25, 0.3) is 5.56 Å². The van der Waals surface area contributed by atoms with Crippen LogP contribution < -0.4 is 5.56 Å². The average molecular weight is 287 g/mol. The van der Waals surface area contributed by atoms with Crippen molar-refractivity contribution >= 4 is 27.5 Å². The first-order chi connectivity index (χ1) is 9.59. The molecule has 0 saturated heterocycles. The zero-order valence-corrected chi connectivity index (χ0v) is 11.2. The van der Waals surface area contributed by atoms with E-state index in [-0.39, 0.29) is 16.5 Å². The fraction of sp³-hybridized carbons (Fsp3) is 0.0769. The lowest BCUT2D eigenvalue weighted by Crippen LogP contribution is -2.21. The second-order valence-electron chi connectivity index (χ2n) is 4.15. The van der Waals surface area contributed by atoms with E-state index in [1.807, 2.05) is 0 Å². The van der Waals surface area contributed by atoms with Crippen molar-refractivity contribution in [3.8, 4) is 11.5 Å². The highest BCUT2D eigenvalue weighted by Gasteiger charge is 2.18. The summed E-state index contributed by atoms with van der Waals surface area (Å²) in [6, 6.07) is 5.32. The summed E-state index contributed by atoms with van der Waals surface area (Å²) in [5.41, 5.74) is 0.180. The van der Waals surface area contributed by atoms with Crippen molar-refractivity contribution in [3.05, 3.63) is 45.7 Å². The molecule has 1 N–H and O–H groups in total. The number of nitrogens with zero attached hydrogens (tertiary/aromatic N) is 3. The predicted octanol–water partition coefficient (Wildman–Crippen LogP) is 1.76. The van der Waals surface area contributed by atoms with Gasteiger partial charge in [0, 0.05) is 18.6 Å². The topological polar surface area (TPSA) is 85.1 Å². The molecule has 0 amide bonds. The summed E-state index contributed by atoms with van der Waals surface area (Å²) in [6.07, 6.45) is 1.61. The maximum atomic E-state index is 12.3. The molecule has 6 nitrogen and oxygen atoms in total. The fourth-order valence-corrected chi connectivity index (χ4v) is 2.86. The first-order valence-electron chi connectivity index (χ1n) is 5.72. The molecule has 3 aromatic rings. The van der Waals surface area contributed by atoms with E-state index in [0.29, 0.717) is 16.3 Å². The molecule has 0 unspecified atom stereocenters. The van der Waals surface area contributed by atoms with Gasteiger partial charge in [-0.15, -0.1) is 11.3 Å². The van der Waals surface area contributed by atoms with Gasteiger partial charge in [-0.25, -0.2) is 9.78 Å². The summed E-state index contributed by atoms with van der Waals surface area (Å²) in [6.45, 7) is 0. The first kappa shape index (κ1) is 12.5. The second kappa shape index (κ2) is 4.53. The first-order valence-corrected chi connectivity index (χ1v) is 6.60. The Morgan fingerprint density at radius 2 is 2.20 bits per heavy atom. The Balaban J connectivity index is 2.37. The quantitative estimate of drug-likeness (QED) is 0.776. The molecule has 0 atom stereocenters. The Bertz CT molecular complexity index is 868. The fourth-order valence-electron chi connectivity index (χ4n) is 1.95. The number of hydrogen-bond acceptors (Lipinski definition) is 5. The van der Waals surface area contributed by atoms with Crippen molar-refractivity contribution in [1.82, 2.24) is 14.5 Å². The molecule has 3 rings (SSSR count). The third kappa shape index (κ3) is 1.79. The van der Waals surface area contributed by atoms with Crippen molar-refractivity contribution in [2.24, 2.45) is 7.05 Å². The van der Waals surface area contributed by atoms with Gasteiger partial charge in [-0.2, -0.15) is 0 Å². The van der Waals surface area contributed by atoms with Gasteiger partial charge in [0.1, 0.15) is 10.5 Å². The van der Waals surface area contributed by atoms with E-state index in [2.05, 4.69) is 9.97 Å². The third-order valence-corrected chi connectivity index (χ3v) is 3.81. The van der Waals surface area contributed by atoms with E-state index in [9.17, 15) is 9.59 Å². The van der Waals surface area contributed by atoms with Crippen LogP contribution in [0.5, 0.6) is 0 Å². The van der Waals surface area contributed by atoms with Crippen molar-refractivity contribution in [3.63, 3.8) is 0 Å². The third-order valence-electron chi connectivity index (χ3n) is 2.94. The number of carboxylic acids is 1. The minimum atomic E-state index is -1.12. The molecule has 3 heterocycles. The highest BCUT2D eigenvalue weighted by molar-refractivity contribution is 7.17. The molecule has 0 spiro atoms. The molecule has 7 heteroatoms. The van der Waals surface area contributed by atoms with Crippen molar-refractivity contribution < 1.29 is 9.90 Å². The molecule has 20 heavy (non-hydrogen) atoms. The van der Waals surface area contributed by atoms with Crippen LogP contribution in [0.4, 0.5) is 0 Å². The van der Waals surface area contributed by atoms with E-state index in [1.54, 1.807) is 31.4 Å². The molecular weight excluding hydrogens is 278 g/mol. The maximum Gasteiger partial charge on any atom is 0.337 e. The summed E-state index contributed by atoms with van der Waals surface area (Å²) in [5, 5.41) is 10.7. The van der Waals surface area contributed by atoms with Crippen LogP contribution in [0.3, 0.4) is 0 Å². The summed E-state index contributed by atoms with van der Waals surface area (Å²) in [4.78, 5) is 32.4. The zero-order chi connectivity index (χ0) is 14.3. The summed E-state index contributed by atoms with van der Waals surface area (Å²) < 4.78 is 1.32. The van der Waals surface area contributed by atoms with Crippen molar-refractivity contribution in [2.45, 2.75) is 0 Å². The Labute approximate surface area is 117 Å². The molecule has 0 saturated carbocycles. The number of fused-ring (bicyclic) bond motifs is 1. The van der Waals surface area contributed by atoms with Crippen LogP contribution in [0, 0.1) is 0 Å². The van der Waals surface area contributed by atoms with Gasteiger partial charge in [0.15, 0.2) is 5.82 Å². The Morgan fingerprint density at radius 1 is 1.40 bits per heavy atom. The molecule has 0 radical (unpaired) electrons. The standard InChI is InChI=1S/C13H9N3O3S/c1-16-10(8-4-2-3-5-14-8)15-11-9(12(16)17)7(6-20-11)13(18)19/h2-6H,1H3,(H,18,19). The summed E-state index contributed by atoms with van der Waals surface area (Å²) >= 11 is 1.14. The minimum absolute atomic E-state index is 0.00864. The lowest BCUT2D eigenvalue weighted by atomic mass is 10.2. The molecule has 0 aromatic carbocycles. The molecular formula is C13H9N3O3S. The zero-order valence-electron chi connectivity index (χ0n) is 10.4. The highest BCUT2D eigenvalue weighted by atomic mass is 32.1. The molecule has 0 aliphatic heterocycles. The van der Waals surface area contributed by atoms with Crippen LogP contribution in [-0.2, 0) is 7.05 Å². The Morgan fingerprint density at radius 3 is 2.85 bits per heavy atom. The molecule has 3 aromatic heterocycles. The van der Waals surface area contributed by atoms with Crippen LogP contribution in [0.1, 0.15) is 10.4 Å². The predicted molar refractivity (Wildman–Crippen MR) is 75.1 cm³/mol. The molecule has 0 aliphatic carbocycles. The van der Waals surface area contributed by atoms with Crippen molar-refractivity contribution in [1.29, 1.82) is 0 Å². The molecule has 0 aliphatic rings. The van der Waals surface area contributed by atoms with E-state index in [4.69, 9.17) is 5.11 Å². The largest absolute Gasteiger partial charge is 0.478 e. The van der Waals surface area contributed by atoms with Gasteiger partial charge in [0.2, 0.25) is 0 Å². The number of hydrogen-bond donors (Lipinski definition) is 1. The van der Waals surface area contributed by atoms with E-state index in [1.165, 1.54) is 9.95 Å². The summed E-state index contributed by atoms with van der Waals surface area (Å²) in [7, 11) is 1.56. The Hall–Kier alpha value is -2.54.